The third-order valence-electron chi connectivity index (χ3n) is 2.25. The van der Waals surface area contributed by atoms with E-state index in [1.165, 1.54) is 0 Å². The summed E-state index contributed by atoms with van der Waals surface area (Å²) in [5.41, 5.74) is 0.459. The van der Waals surface area contributed by atoms with E-state index in [2.05, 4.69) is 10.6 Å². The van der Waals surface area contributed by atoms with Crippen molar-refractivity contribution in [3.8, 4) is 5.75 Å². The van der Waals surface area contributed by atoms with Crippen LogP contribution in [0.2, 0.25) is 0 Å². The first-order valence-corrected chi connectivity index (χ1v) is 6.39. The molecule has 0 unspecified atom stereocenters. The lowest BCUT2D eigenvalue weighted by molar-refractivity contribution is 0.0972. The number of thiocarbonyl (C=S) groups is 1. The molecule has 5 nitrogen and oxygen atoms in total. The van der Waals surface area contributed by atoms with Gasteiger partial charge in [0, 0.05) is 13.7 Å². The van der Waals surface area contributed by atoms with Gasteiger partial charge in [0.05, 0.1) is 18.8 Å². The molecule has 6 heteroatoms. The molecule has 0 fully saturated rings. The van der Waals surface area contributed by atoms with Crippen molar-refractivity contribution in [1.82, 2.24) is 10.6 Å². The third-order valence-corrected chi connectivity index (χ3v) is 2.50. The minimum absolute atomic E-state index is 0.272. The third kappa shape index (κ3) is 5.23. The summed E-state index contributed by atoms with van der Waals surface area (Å²) in [6.45, 7) is 3.43. The van der Waals surface area contributed by atoms with Crippen LogP contribution in [0.4, 0.5) is 0 Å². The summed E-state index contributed by atoms with van der Waals surface area (Å²) in [6.07, 6.45) is 0. The number of benzene rings is 1. The van der Waals surface area contributed by atoms with Gasteiger partial charge in [-0.05, 0) is 31.3 Å². The normalized spacial score (nSPS) is 9.79. The van der Waals surface area contributed by atoms with Gasteiger partial charge in [0.15, 0.2) is 5.11 Å². The highest BCUT2D eigenvalue weighted by atomic mass is 32.1. The maximum absolute atomic E-state index is 12.0. The lowest BCUT2D eigenvalue weighted by Crippen LogP contribution is -2.40. The van der Waals surface area contributed by atoms with Gasteiger partial charge in [0.1, 0.15) is 5.75 Å². The van der Waals surface area contributed by atoms with Crippen molar-refractivity contribution in [1.29, 1.82) is 0 Å². The molecule has 104 valence electrons. The second kappa shape index (κ2) is 8.44. The standard InChI is InChI=1S/C13H18N2O3S/c1-3-18-11-7-5-4-6-10(11)12(16)15-13(19)14-8-9-17-2/h4-7H,3,8-9H2,1-2H3,(H2,14,15,16,19). The molecule has 19 heavy (non-hydrogen) atoms. The highest BCUT2D eigenvalue weighted by Crippen LogP contribution is 2.17. The summed E-state index contributed by atoms with van der Waals surface area (Å²) >= 11 is 5.01. The predicted molar refractivity (Wildman–Crippen MR) is 77.6 cm³/mol. The highest BCUT2D eigenvalue weighted by molar-refractivity contribution is 7.80. The van der Waals surface area contributed by atoms with Gasteiger partial charge in [-0.25, -0.2) is 0 Å². The molecule has 0 atom stereocenters. The Balaban J connectivity index is 2.60. The summed E-state index contributed by atoms with van der Waals surface area (Å²) < 4.78 is 10.3. The van der Waals surface area contributed by atoms with Crippen LogP contribution in [0.3, 0.4) is 0 Å². The van der Waals surface area contributed by atoms with Crippen molar-refractivity contribution in [3.05, 3.63) is 29.8 Å². The molecule has 1 rings (SSSR count). The van der Waals surface area contributed by atoms with Crippen LogP contribution in [-0.2, 0) is 4.74 Å². The Morgan fingerprint density at radius 1 is 1.37 bits per heavy atom. The number of para-hydroxylation sites is 1. The topological polar surface area (TPSA) is 59.6 Å². The molecule has 0 aromatic heterocycles. The van der Waals surface area contributed by atoms with Crippen molar-refractivity contribution >= 4 is 23.2 Å². The van der Waals surface area contributed by atoms with Crippen LogP contribution >= 0.6 is 12.2 Å². The molecule has 0 heterocycles. The molecule has 0 aliphatic carbocycles. The van der Waals surface area contributed by atoms with Gasteiger partial charge in [-0.1, -0.05) is 12.1 Å². The summed E-state index contributed by atoms with van der Waals surface area (Å²) in [5, 5.41) is 5.74. The van der Waals surface area contributed by atoms with E-state index in [9.17, 15) is 4.79 Å². The van der Waals surface area contributed by atoms with Crippen molar-refractivity contribution in [3.63, 3.8) is 0 Å². The van der Waals surface area contributed by atoms with Gasteiger partial charge in [-0.2, -0.15) is 0 Å². The molecule has 0 aliphatic rings. The Kier molecular flexibility index (Phi) is 6.84. The van der Waals surface area contributed by atoms with Crippen LogP contribution in [0.5, 0.6) is 5.75 Å². The molecule has 0 saturated heterocycles. The number of ether oxygens (including phenoxy) is 2. The Morgan fingerprint density at radius 2 is 2.11 bits per heavy atom. The molecule has 1 aromatic rings. The van der Waals surface area contributed by atoms with E-state index < -0.39 is 0 Å². The molecule has 1 aromatic carbocycles. The van der Waals surface area contributed by atoms with Crippen LogP contribution in [0.25, 0.3) is 0 Å². The summed E-state index contributed by atoms with van der Waals surface area (Å²) in [5.74, 6) is 0.251. The zero-order chi connectivity index (χ0) is 14.1. The fourth-order valence-corrected chi connectivity index (χ4v) is 1.61. The molecular formula is C13H18N2O3S. The van der Waals surface area contributed by atoms with E-state index in [1.807, 2.05) is 13.0 Å². The van der Waals surface area contributed by atoms with Crippen molar-refractivity contribution < 1.29 is 14.3 Å². The largest absolute Gasteiger partial charge is 0.493 e. The zero-order valence-corrected chi connectivity index (χ0v) is 11.9. The van der Waals surface area contributed by atoms with Gasteiger partial charge in [0.2, 0.25) is 0 Å². The smallest absolute Gasteiger partial charge is 0.261 e. The van der Waals surface area contributed by atoms with E-state index in [4.69, 9.17) is 21.7 Å². The van der Waals surface area contributed by atoms with Gasteiger partial charge in [-0.15, -0.1) is 0 Å². The minimum atomic E-state index is -0.293. The Labute approximate surface area is 118 Å². The van der Waals surface area contributed by atoms with Gasteiger partial charge in [0.25, 0.3) is 5.91 Å². The van der Waals surface area contributed by atoms with E-state index in [-0.39, 0.29) is 11.0 Å². The lowest BCUT2D eigenvalue weighted by atomic mass is 10.2. The molecule has 0 radical (unpaired) electrons. The maximum atomic E-state index is 12.0. The number of rotatable bonds is 6. The average Bonchev–Trinajstić information content (AvgIpc) is 2.40. The number of hydrogen-bond donors (Lipinski definition) is 2. The Bertz CT molecular complexity index is 438. The van der Waals surface area contributed by atoms with Crippen molar-refractivity contribution in [2.75, 3.05) is 26.9 Å². The molecule has 1 amide bonds. The first kappa shape index (κ1) is 15.4. The number of carbonyl (C=O) groups excluding carboxylic acids is 1. The van der Waals surface area contributed by atoms with Crippen LogP contribution in [-0.4, -0.2) is 37.9 Å². The first-order valence-electron chi connectivity index (χ1n) is 5.99. The maximum Gasteiger partial charge on any atom is 0.261 e. The summed E-state index contributed by atoms with van der Waals surface area (Å²) in [4.78, 5) is 12.0. The molecule has 0 bridgehead atoms. The second-order valence-corrected chi connectivity index (χ2v) is 4.04. The quantitative estimate of drug-likeness (QED) is 0.609. The van der Waals surface area contributed by atoms with Crippen molar-refractivity contribution in [2.24, 2.45) is 0 Å². The molecular weight excluding hydrogens is 264 g/mol. The summed E-state index contributed by atoms with van der Waals surface area (Å²) in [6, 6.07) is 7.04. The second-order valence-electron chi connectivity index (χ2n) is 3.63. The number of amides is 1. The number of nitrogens with one attached hydrogen (secondary N) is 2. The zero-order valence-electron chi connectivity index (χ0n) is 11.1. The summed E-state index contributed by atoms with van der Waals surface area (Å²) in [7, 11) is 1.60. The van der Waals surface area contributed by atoms with Crippen molar-refractivity contribution in [2.45, 2.75) is 6.92 Å². The van der Waals surface area contributed by atoms with Crippen LogP contribution in [0.1, 0.15) is 17.3 Å². The van der Waals surface area contributed by atoms with Gasteiger partial charge >= 0.3 is 0 Å². The van der Waals surface area contributed by atoms with E-state index in [1.54, 1.807) is 25.3 Å². The first-order chi connectivity index (χ1) is 9.19. The van der Waals surface area contributed by atoms with E-state index >= 15 is 0 Å². The fourth-order valence-electron chi connectivity index (χ4n) is 1.42. The number of methoxy groups -OCH3 is 1. The lowest BCUT2D eigenvalue weighted by Gasteiger charge is -2.11. The number of carbonyl (C=O) groups is 1. The van der Waals surface area contributed by atoms with E-state index in [0.717, 1.165) is 0 Å². The monoisotopic (exact) mass is 282 g/mol. The molecule has 0 spiro atoms. The minimum Gasteiger partial charge on any atom is -0.493 e. The van der Waals surface area contributed by atoms with E-state index in [0.29, 0.717) is 31.1 Å². The highest BCUT2D eigenvalue weighted by Gasteiger charge is 2.12. The number of hydrogen-bond acceptors (Lipinski definition) is 4. The van der Waals surface area contributed by atoms with Gasteiger partial charge in [-0.3, -0.25) is 10.1 Å². The molecule has 0 saturated carbocycles. The molecule has 2 N–H and O–H groups in total. The molecule has 0 aliphatic heterocycles. The van der Waals surface area contributed by atoms with Crippen LogP contribution < -0.4 is 15.4 Å². The SMILES string of the molecule is CCOc1ccccc1C(=O)NC(=S)NCCOC. The Hall–Kier alpha value is -1.66. The Morgan fingerprint density at radius 3 is 2.79 bits per heavy atom. The van der Waals surface area contributed by atoms with Crippen LogP contribution in [0.15, 0.2) is 24.3 Å². The van der Waals surface area contributed by atoms with Crippen LogP contribution in [0, 0.1) is 0 Å². The fraction of sp³-hybridized carbons (Fsp3) is 0.385. The average molecular weight is 282 g/mol. The van der Waals surface area contributed by atoms with Gasteiger partial charge < -0.3 is 14.8 Å². The predicted octanol–water partition coefficient (Wildman–Crippen LogP) is 1.34.